The van der Waals surface area contributed by atoms with Crippen molar-refractivity contribution < 1.29 is 9.90 Å². The van der Waals surface area contributed by atoms with E-state index in [9.17, 15) is 9.90 Å². The molecule has 1 aromatic carbocycles. The Morgan fingerprint density at radius 2 is 2.09 bits per heavy atom. The average molecular weight is 312 g/mol. The van der Waals surface area contributed by atoms with Gasteiger partial charge in [-0.25, -0.2) is 0 Å². The van der Waals surface area contributed by atoms with Crippen molar-refractivity contribution in [2.24, 2.45) is 11.8 Å². The fraction of sp³-hybridized carbons (Fsp3) is 0.474. The highest BCUT2D eigenvalue weighted by Gasteiger charge is 2.35. The van der Waals surface area contributed by atoms with Crippen molar-refractivity contribution in [1.82, 2.24) is 10.3 Å². The first-order valence-corrected chi connectivity index (χ1v) is 8.35. The fourth-order valence-corrected chi connectivity index (χ4v) is 3.24. The molecule has 1 fully saturated rings. The molecule has 0 aliphatic heterocycles. The van der Waals surface area contributed by atoms with Gasteiger partial charge in [0, 0.05) is 18.0 Å². The number of rotatable bonds is 5. The molecule has 1 atom stereocenters. The van der Waals surface area contributed by atoms with Crippen molar-refractivity contribution in [2.45, 2.75) is 45.3 Å². The molecule has 1 unspecified atom stereocenters. The summed E-state index contributed by atoms with van der Waals surface area (Å²) in [6.45, 7) is 4.08. The molecule has 1 amide bonds. The molecule has 1 heterocycles. The molecule has 2 aromatic rings. The summed E-state index contributed by atoms with van der Waals surface area (Å²) in [5.41, 5.74) is 1.98. The number of nitrogens with zero attached hydrogens (tertiary/aromatic N) is 1. The largest absolute Gasteiger partial charge is 0.393 e. The lowest BCUT2D eigenvalue weighted by atomic mass is 9.75. The first kappa shape index (κ1) is 15.9. The number of hydrogen-bond acceptors (Lipinski definition) is 3. The molecule has 2 N–H and O–H groups in total. The third-order valence-electron chi connectivity index (χ3n) is 4.50. The van der Waals surface area contributed by atoms with E-state index in [0.29, 0.717) is 12.3 Å². The summed E-state index contributed by atoms with van der Waals surface area (Å²) in [6, 6.07) is 10.0. The molecule has 4 heteroatoms. The number of fused-ring (bicyclic) bond motifs is 1. The standard InChI is InChI=1S/C19H24N2O2/c1-12(2)7-18(23)21-19(14-9-16(22)10-14)15-8-13-5-3-4-6-17(13)20-11-15/h3-6,8,11-12,14,16,19,22H,7,9-10H2,1-2H3,(H,21,23). The molecule has 122 valence electrons. The Morgan fingerprint density at radius 1 is 1.35 bits per heavy atom. The average Bonchev–Trinajstić information content (AvgIpc) is 2.48. The molecule has 1 aromatic heterocycles. The highest BCUT2D eigenvalue weighted by molar-refractivity contribution is 5.80. The van der Waals surface area contributed by atoms with E-state index in [2.05, 4.69) is 16.4 Å². The number of hydrogen-bond donors (Lipinski definition) is 2. The molecule has 23 heavy (non-hydrogen) atoms. The first-order chi connectivity index (χ1) is 11.0. The molecule has 1 aliphatic carbocycles. The highest BCUT2D eigenvalue weighted by Crippen LogP contribution is 2.38. The van der Waals surface area contributed by atoms with Crippen molar-refractivity contribution in [2.75, 3.05) is 0 Å². The zero-order valence-corrected chi connectivity index (χ0v) is 13.7. The van der Waals surface area contributed by atoms with Gasteiger partial charge in [0.05, 0.1) is 17.7 Å². The zero-order valence-electron chi connectivity index (χ0n) is 13.7. The van der Waals surface area contributed by atoms with Gasteiger partial charge in [-0.2, -0.15) is 0 Å². The SMILES string of the molecule is CC(C)CC(=O)NC(c1cnc2ccccc2c1)C1CC(O)C1. The van der Waals surface area contributed by atoms with Crippen molar-refractivity contribution in [3.63, 3.8) is 0 Å². The van der Waals surface area contributed by atoms with Crippen LogP contribution in [0.2, 0.25) is 0 Å². The molecule has 0 bridgehead atoms. The van der Waals surface area contributed by atoms with Crippen LogP contribution in [0.1, 0.15) is 44.7 Å². The summed E-state index contributed by atoms with van der Waals surface area (Å²) in [5.74, 6) is 0.681. The Balaban J connectivity index is 1.85. The van der Waals surface area contributed by atoms with E-state index in [1.807, 2.05) is 44.3 Å². The van der Waals surface area contributed by atoms with E-state index in [0.717, 1.165) is 29.3 Å². The molecular formula is C19H24N2O2. The van der Waals surface area contributed by atoms with Crippen LogP contribution in [-0.2, 0) is 4.79 Å². The van der Waals surface area contributed by atoms with Crippen LogP contribution in [0.15, 0.2) is 36.5 Å². The highest BCUT2D eigenvalue weighted by atomic mass is 16.3. The third-order valence-corrected chi connectivity index (χ3v) is 4.50. The maximum atomic E-state index is 12.2. The number of amides is 1. The van der Waals surface area contributed by atoms with Gasteiger partial charge in [-0.15, -0.1) is 0 Å². The van der Waals surface area contributed by atoms with Gasteiger partial charge < -0.3 is 10.4 Å². The first-order valence-electron chi connectivity index (χ1n) is 8.35. The monoisotopic (exact) mass is 312 g/mol. The number of aliphatic hydroxyl groups is 1. The predicted octanol–water partition coefficient (Wildman–Crippen LogP) is 3.21. The third kappa shape index (κ3) is 3.70. The van der Waals surface area contributed by atoms with Crippen LogP contribution in [0.25, 0.3) is 10.9 Å². The second-order valence-electron chi connectivity index (χ2n) is 6.99. The maximum Gasteiger partial charge on any atom is 0.220 e. The second-order valence-corrected chi connectivity index (χ2v) is 6.99. The minimum absolute atomic E-state index is 0.0678. The van der Waals surface area contributed by atoms with Gasteiger partial charge in [0.25, 0.3) is 0 Å². The van der Waals surface area contributed by atoms with Crippen LogP contribution in [0.5, 0.6) is 0 Å². The van der Waals surface area contributed by atoms with Crippen molar-refractivity contribution in [3.8, 4) is 0 Å². The Kier molecular flexibility index (Phi) is 4.62. The van der Waals surface area contributed by atoms with Crippen LogP contribution < -0.4 is 5.32 Å². The minimum atomic E-state index is -0.238. The number of para-hydroxylation sites is 1. The van der Waals surface area contributed by atoms with E-state index >= 15 is 0 Å². The number of aromatic nitrogens is 1. The van der Waals surface area contributed by atoms with Crippen molar-refractivity contribution in [3.05, 3.63) is 42.1 Å². The lowest BCUT2D eigenvalue weighted by Crippen LogP contribution is -2.41. The lowest BCUT2D eigenvalue weighted by molar-refractivity contribution is -0.123. The minimum Gasteiger partial charge on any atom is -0.393 e. The van der Waals surface area contributed by atoms with E-state index < -0.39 is 0 Å². The van der Waals surface area contributed by atoms with E-state index in [1.54, 1.807) is 0 Å². The number of aliphatic hydroxyl groups excluding tert-OH is 1. The Hall–Kier alpha value is -1.94. The Labute approximate surface area is 136 Å². The summed E-state index contributed by atoms with van der Waals surface area (Å²) in [4.78, 5) is 16.7. The summed E-state index contributed by atoms with van der Waals surface area (Å²) in [5, 5.41) is 13.9. The summed E-state index contributed by atoms with van der Waals surface area (Å²) in [7, 11) is 0. The smallest absolute Gasteiger partial charge is 0.220 e. The van der Waals surface area contributed by atoms with Crippen LogP contribution in [0.3, 0.4) is 0 Å². The van der Waals surface area contributed by atoms with Gasteiger partial charge in [-0.1, -0.05) is 32.0 Å². The van der Waals surface area contributed by atoms with Crippen LogP contribution >= 0.6 is 0 Å². The van der Waals surface area contributed by atoms with Crippen LogP contribution in [0.4, 0.5) is 0 Å². The number of pyridine rings is 1. The molecule has 0 saturated heterocycles. The molecule has 1 aliphatic rings. The number of nitrogens with one attached hydrogen (secondary N) is 1. The summed E-state index contributed by atoms with van der Waals surface area (Å²) in [6.07, 6.45) is 3.61. The zero-order chi connectivity index (χ0) is 16.4. The second kappa shape index (κ2) is 6.67. The normalized spacial score (nSPS) is 21.9. The molecule has 0 radical (unpaired) electrons. The van der Waals surface area contributed by atoms with Gasteiger partial charge in [0.2, 0.25) is 5.91 Å². The van der Waals surface area contributed by atoms with Gasteiger partial charge in [-0.05, 0) is 42.4 Å². The van der Waals surface area contributed by atoms with Gasteiger partial charge in [-0.3, -0.25) is 9.78 Å². The van der Waals surface area contributed by atoms with Gasteiger partial charge in [0.15, 0.2) is 0 Å². The van der Waals surface area contributed by atoms with Gasteiger partial charge in [0.1, 0.15) is 0 Å². The predicted molar refractivity (Wildman–Crippen MR) is 90.8 cm³/mol. The number of carbonyl (C=O) groups excluding carboxylic acids is 1. The molecule has 1 saturated carbocycles. The molecular weight excluding hydrogens is 288 g/mol. The van der Waals surface area contributed by atoms with Crippen LogP contribution in [0, 0.1) is 11.8 Å². The van der Waals surface area contributed by atoms with Crippen LogP contribution in [-0.4, -0.2) is 22.1 Å². The topological polar surface area (TPSA) is 62.2 Å². The van der Waals surface area contributed by atoms with Crippen molar-refractivity contribution in [1.29, 1.82) is 0 Å². The lowest BCUT2D eigenvalue weighted by Gasteiger charge is -2.38. The quantitative estimate of drug-likeness (QED) is 0.891. The number of carbonyl (C=O) groups is 1. The number of benzene rings is 1. The van der Waals surface area contributed by atoms with Crippen molar-refractivity contribution >= 4 is 16.8 Å². The molecule has 4 nitrogen and oxygen atoms in total. The maximum absolute atomic E-state index is 12.2. The van der Waals surface area contributed by atoms with E-state index in [-0.39, 0.29) is 24.0 Å². The Morgan fingerprint density at radius 3 is 2.78 bits per heavy atom. The fourth-order valence-electron chi connectivity index (χ4n) is 3.24. The summed E-state index contributed by atoms with van der Waals surface area (Å²) >= 11 is 0. The molecule has 0 spiro atoms. The van der Waals surface area contributed by atoms with E-state index in [1.165, 1.54) is 0 Å². The van der Waals surface area contributed by atoms with E-state index in [4.69, 9.17) is 0 Å². The molecule has 3 rings (SSSR count). The summed E-state index contributed by atoms with van der Waals surface area (Å²) < 4.78 is 0. The Bertz CT molecular complexity index is 693. The van der Waals surface area contributed by atoms with Gasteiger partial charge >= 0.3 is 0 Å².